The van der Waals surface area contributed by atoms with E-state index in [-0.39, 0.29) is 24.0 Å². The number of aromatic nitrogens is 1. The fraction of sp³-hybridized carbons (Fsp3) is 0.571. The normalized spacial score (nSPS) is 14.0. The predicted octanol–water partition coefficient (Wildman–Crippen LogP) is 0.874. The van der Waals surface area contributed by atoms with E-state index in [1.165, 1.54) is 5.01 Å². The topological polar surface area (TPSA) is 87.9 Å². The molecule has 1 amide bonds. The number of ether oxygens (including phenoxy) is 1. The maximum absolute atomic E-state index is 12.4. The highest BCUT2D eigenvalue weighted by Gasteiger charge is 2.31. The van der Waals surface area contributed by atoms with Crippen LogP contribution in [0.4, 0.5) is 0 Å². The first-order valence-corrected chi connectivity index (χ1v) is 7.89. The Labute approximate surface area is 139 Å². The number of carbonyl (C=O) groups is 2. The third kappa shape index (κ3) is 4.41. The zero-order chi connectivity index (χ0) is 16.8. The van der Waals surface area contributed by atoms with Crippen LogP contribution in [0, 0.1) is 6.92 Å². The first-order chi connectivity index (χ1) is 11.0. The fourth-order valence-electron chi connectivity index (χ4n) is 2.23. The monoisotopic (exact) mass is 340 g/mol. The molecule has 0 unspecified atom stereocenters. The molecule has 1 aromatic rings. The van der Waals surface area contributed by atoms with Gasteiger partial charge in [0.05, 0.1) is 13.0 Å². The Bertz CT molecular complexity index is 589. The zero-order valence-electron chi connectivity index (χ0n) is 13.2. The van der Waals surface area contributed by atoms with Gasteiger partial charge in [-0.1, -0.05) is 5.16 Å². The van der Waals surface area contributed by atoms with Crippen molar-refractivity contribution in [1.29, 1.82) is 0 Å². The average Bonchev–Trinajstić information content (AvgIpc) is 3.15. The minimum atomic E-state index is -0.282. The van der Waals surface area contributed by atoms with Crippen molar-refractivity contribution >= 4 is 29.2 Å². The van der Waals surface area contributed by atoms with Gasteiger partial charge in [-0.3, -0.25) is 14.6 Å². The third-order valence-electron chi connectivity index (χ3n) is 3.26. The van der Waals surface area contributed by atoms with Gasteiger partial charge < -0.3 is 14.6 Å². The van der Waals surface area contributed by atoms with Crippen molar-refractivity contribution in [1.82, 2.24) is 20.5 Å². The SMILES string of the molecule is CCOC(=O)CCNC(=S)N1CCCN1C(=O)c1cc(C)on1. The van der Waals surface area contributed by atoms with Crippen LogP contribution in [0.25, 0.3) is 0 Å². The van der Waals surface area contributed by atoms with Crippen molar-refractivity contribution in [3.8, 4) is 0 Å². The van der Waals surface area contributed by atoms with E-state index in [2.05, 4.69) is 10.5 Å². The van der Waals surface area contributed by atoms with Gasteiger partial charge >= 0.3 is 5.97 Å². The zero-order valence-corrected chi connectivity index (χ0v) is 14.0. The summed E-state index contributed by atoms with van der Waals surface area (Å²) in [6.07, 6.45) is 1.03. The molecule has 2 heterocycles. The lowest BCUT2D eigenvalue weighted by molar-refractivity contribution is -0.142. The molecule has 8 nitrogen and oxygen atoms in total. The molecule has 0 aromatic carbocycles. The molecule has 126 valence electrons. The van der Waals surface area contributed by atoms with Crippen LogP contribution in [0.2, 0.25) is 0 Å². The molecule has 0 saturated carbocycles. The van der Waals surface area contributed by atoms with E-state index in [0.29, 0.717) is 37.1 Å². The maximum Gasteiger partial charge on any atom is 0.307 e. The summed E-state index contributed by atoms with van der Waals surface area (Å²) in [7, 11) is 0. The van der Waals surface area contributed by atoms with Crippen molar-refractivity contribution in [2.75, 3.05) is 26.2 Å². The summed E-state index contributed by atoms with van der Waals surface area (Å²) < 4.78 is 9.79. The minimum Gasteiger partial charge on any atom is -0.466 e. The van der Waals surface area contributed by atoms with E-state index in [9.17, 15) is 9.59 Å². The van der Waals surface area contributed by atoms with E-state index in [4.69, 9.17) is 21.5 Å². The molecule has 0 radical (unpaired) electrons. The minimum absolute atomic E-state index is 0.220. The molecule has 0 spiro atoms. The largest absolute Gasteiger partial charge is 0.466 e. The first-order valence-electron chi connectivity index (χ1n) is 7.49. The van der Waals surface area contributed by atoms with E-state index in [1.54, 1.807) is 24.9 Å². The van der Waals surface area contributed by atoms with Crippen LogP contribution in [0.5, 0.6) is 0 Å². The van der Waals surface area contributed by atoms with Crippen LogP contribution in [-0.2, 0) is 9.53 Å². The lowest BCUT2D eigenvalue weighted by Crippen LogP contribution is -2.49. The lowest BCUT2D eigenvalue weighted by Gasteiger charge is -2.29. The number of esters is 1. The summed E-state index contributed by atoms with van der Waals surface area (Å²) in [5.41, 5.74) is 0.253. The predicted molar refractivity (Wildman–Crippen MR) is 85.5 cm³/mol. The summed E-state index contributed by atoms with van der Waals surface area (Å²) in [5, 5.41) is 10.3. The number of hydrogen-bond donors (Lipinski definition) is 1. The highest BCUT2D eigenvalue weighted by molar-refractivity contribution is 7.80. The summed E-state index contributed by atoms with van der Waals surface area (Å²) in [6.45, 7) is 5.40. The molecule has 0 atom stereocenters. The van der Waals surface area contributed by atoms with Crippen LogP contribution in [0.15, 0.2) is 10.6 Å². The molecule has 1 aliphatic rings. The van der Waals surface area contributed by atoms with Gasteiger partial charge in [-0.25, -0.2) is 5.01 Å². The number of nitrogens with zero attached hydrogens (tertiary/aromatic N) is 3. The Morgan fingerprint density at radius 2 is 2.17 bits per heavy atom. The molecule has 2 rings (SSSR count). The second kappa shape index (κ2) is 7.91. The number of nitrogens with one attached hydrogen (secondary N) is 1. The Morgan fingerprint density at radius 1 is 1.43 bits per heavy atom. The number of aryl methyl sites for hydroxylation is 1. The molecule has 23 heavy (non-hydrogen) atoms. The summed E-state index contributed by atoms with van der Waals surface area (Å²) in [4.78, 5) is 23.7. The molecule has 0 aliphatic carbocycles. The lowest BCUT2D eigenvalue weighted by atomic mass is 10.3. The van der Waals surface area contributed by atoms with Crippen LogP contribution < -0.4 is 5.32 Å². The molecule has 0 bridgehead atoms. The Balaban J connectivity index is 1.89. The van der Waals surface area contributed by atoms with E-state index >= 15 is 0 Å². The second-order valence-corrected chi connectivity index (χ2v) is 5.40. The smallest absolute Gasteiger partial charge is 0.307 e. The Morgan fingerprint density at radius 3 is 2.83 bits per heavy atom. The van der Waals surface area contributed by atoms with Crippen LogP contribution in [-0.4, -0.2) is 58.4 Å². The molecule has 1 aromatic heterocycles. The molecular weight excluding hydrogens is 320 g/mol. The third-order valence-corrected chi connectivity index (χ3v) is 3.61. The van der Waals surface area contributed by atoms with Crippen LogP contribution in [0.1, 0.15) is 36.0 Å². The molecule has 9 heteroatoms. The van der Waals surface area contributed by atoms with Gasteiger partial charge in [-0.15, -0.1) is 0 Å². The molecule has 1 N–H and O–H groups in total. The Hall–Kier alpha value is -2.16. The quantitative estimate of drug-likeness (QED) is 0.624. The van der Waals surface area contributed by atoms with Gasteiger partial charge in [-0.2, -0.15) is 0 Å². The van der Waals surface area contributed by atoms with Crippen LogP contribution >= 0.6 is 12.2 Å². The van der Waals surface area contributed by atoms with Gasteiger partial charge in [0.25, 0.3) is 5.91 Å². The van der Waals surface area contributed by atoms with Gasteiger partial charge in [0.1, 0.15) is 5.76 Å². The summed E-state index contributed by atoms with van der Waals surface area (Å²) >= 11 is 5.31. The average molecular weight is 340 g/mol. The van der Waals surface area contributed by atoms with Crippen molar-refractivity contribution in [3.05, 3.63) is 17.5 Å². The van der Waals surface area contributed by atoms with Gasteiger partial charge in [0.15, 0.2) is 10.8 Å². The fourth-order valence-corrected chi connectivity index (χ4v) is 2.52. The van der Waals surface area contributed by atoms with Crippen LogP contribution in [0.3, 0.4) is 0 Å². The molecule has 1 fully saturated rings. The van der Waals surface area contributed by atoms with Gasteiger partial charge in [0.2, 0.25) is 0 Å². The molecule has 1 aliphatic heterocycles. The molecule has 1 saturated heterocycles. The number of hydrazine groups is 1. The Kier molecular flexibility index (Phi) is 5.91. The number of amides is 1. The first kappa shape index (κ1) is 17.2. The maximum atomic E-state index is 12.4. The van der Waals surface area contributed by atoms with Crippen molar-refractivity contribution in [2.45, 2.75) is 26.7 Å². The highest BCUT2D eigenvalue weighted by atomic mass is 32.1. The second-order valence-electron chi connectivity index (χ2n) is 5.01. The van der Waals surface area contributed by atoms with Crippen molar-refractivity contribution in [2.24, 2.45) is 0 Å². The number of thiocarbonyl (C=S) groups is 1. The number of carbonyl (C=O) groups excluding carboxylic acids is 2. The van der Waals surface area contributed by atoms with Gasteiger partial charge in [0, 0.05) is 25.7 Å². The van der Waals surface area contributed by atoms with Crippen molar-refractivity contribution < 1.29 is 18.8 Å². The summed E-state index contributed by atoms with van der Waals surface area (Å²) in [5.74, 6) is 0.0401. The van der Waals surface area contributed by atoms with Gasteiger partial charge in [-0.05, 0) is 32.5 Å². The molecular formula is C14H20N4O4S. The summed E-state index contributed by atoms with van der Waals surface area (Å²) in [6, 6.07) is 1.59. The van der Waals surface area contributed by atoms with E-state index in [1.807, 2.05) is 0 Å². The standard InChI is InChI=1S/C14H20N4O4S/c1-3-21-12(19)5-6-15-14(23)18-8-4-7-17(18)13(20)11-9-10(2)22-16-11/h9H,3-8H2,1-2H3,(H,15,23). The number of hydrogen-bond acceptors (Lipinski definition) is 6. The van der Waals surface area contributed by atoms with E-state index in [0.717, 1.165) is 6.42 Å². The highest BCUT2D eigenvalue weighted by Crippen LogP contribution is 2.15. The van der Waals surface area contributed by atoms with Crippen molar-refractivity contribution in [3.63, 3.8) is 0 Å². The number of rotatable bonds is 5. The van der Waals surface area contributed by atoms with E-state index < -0.39 is 0 Å².